The first-order valence-electron chi connectivity index (χ1n) is 10.1. The molecular weight excluding hydrogens is 408 g/mol. The molecule has 1 amide bonds. The molecule has 0 saturated heterocycles. The molecule has 164 valence electrons. The molecule has 32 heavy (non-hydrogen) atoms. The fourth-order valence-corrected chi connectivity index (χ4v) is 2.71. The summed E-state index contributed by atoms with van der Waals surface area (Å²) in [7, 11) is 0. The molecule has 7 nitrogen and oxygen atoms in total. The van der Waals surface area contributed by atoms with Gasteiger partial charge in [0.25, 0.3) is 5.91 Å². The van der Waals surface area contributed by atoms with E-state index in [1.54, 1.807) is 54.6 Å². The van der Waals surface area contributed by atoms with E-state index < -0.39 is 5.97 Å². The van der Waals surface area contributed by atoms with Gasteiger partial charge < -0.3 is 14.2 Å². The SMILES string of the molecule is CCOc1ccc(C(=O)Oc2ccc(/C=N/NC(=O)COc3cccc(C)c3)cc2)cc1. The van der Waals surface area contributed by atoms with E-state index in [0.29, 0.717) is 29.4 Å². The first kappa shape index (κ1) is 22.6. The molecule has 7 heteroatoms. The zero-order valence-corrected chi connectivity index (χ0v) is 17.9. The van der Waals surface area contributed by atoms with Crippen molar-refractivity contribution in [1.29, 1.82) is 0 Å². The highest BCUT2D eigenvalue weighted by Crippen LogP contribution is 2.16. The molecular formula is C25H24N2O5. The van der Waals surface area contributed by atoms with Crippen LogP contribution in [0.3, 0.4) is 0 Å². The predicted molar refractivity (Wildman–Crippen MR) is 121 cm³/mol. The molecule has 0 bridgehead atoms. The lowest BCUT2D eigenvalue weighted by molar-refractivity contribution is -0.123. The normalized spacial score (nSPS) is 10.6. The molecule has 0 heterocycles. The van der Waals surface area contributed by atoms with Gasteiger partial charge in [0, 0.05) is 0 Å². The van der Waals surface area contributed by atoms with Gasteiger partial charge in [-0.15, -0.1) is 0 Å². The van der Waals surface area contributed by atoms with Crippen molar-refractivity contribution in [3.05, 3.63) is 89.5 Å². The average molecular weight is 432 g/mol. The van der Waals surface area contributed by atoms with Crippen LogP contribution in [-0.4, -0.2) is 31.3 Å². The van der Waals surface area contributed by atoms with Gasteiger partial charge in [-0.25, -0.2) is 10.2 Å². The summed E-state index contributed by atoms with van der Waals surface area (Å²) < 4.78 is 16.1. The standard InChI is InChI=1S/C25H24N2O5/c1-3-30-21-13-9-20(10-14-21)25(29)32-22-11-7-19(8-12-22)16-26-27-24(28)17-31-23-6-4-5-18(2)15-23/h4-16H,3,17H2,1-2H3,(H,27,28)/b26-16+. The number of carbonyl (C=O) groups excluding carboxylic acids is 2. The van der Waals surface area contributed by atoms with Crippen LogP contribution in [0.15, 0.2) is 77.9 Å². The van der Waals surface area contributed by atoms with Crippen LogP contribution in [0.4, 0.5) is 0 Å². The van der Waals surface area contributed by atoms with Gasteiger partial charge in [0.05, 0.1) is 18.4 Å². The highest BCUT2D eigenvalue weighted by Gasteiger charge is 2.09. The molecule has 0 fully saturated rings. The number of nitrogens with zero attached hydrogens (tertiary/aromatic N) is 1. The van der Waals surface area contributed by atoms with Crippen molar-refractivity contribution in [2.24, 2.45) is 5.10 Å². The summed E-state index contributed by atoms with van der Waals surface area (Å²) in [5.74, 6) is 0.886. The van der Waals surface area contributed by atoms with E-state index in [1.807, 2.05) is 32.0 Å². The van der Waals surface area contributed by atoms with Crippen LogP contribution in [0.25, 0.3) is 0 Å². The molecule has 0 aliphatic rings. The fourth-order valence-electron chi connectivity index (χ4n) is 2.71. The van der Waals surface area contributed by atoms with Crippen LogP contribution in [0.1, 0.15) is 28.4 Å². The Labute approximate surface area is 186 Å². The summed E-state index contributed by atoms with van der Waals surface area (Å²) in [6, 6.07) is 20.9. The first-order valence-corrected chi connectivity index (χ1v) is 10.1. The number of aryl methyl sites for hydroxylation is 1. The zero-order chi connectivity index (χ0) is 22.8. The number of ether oxygens (including phenoxy) is 3. The Morgan fingerprint density at radius 1 is 0.906 bits per heavy atom. The molecule has 3 aromatic rings. The summed E-state index contributed by atoms with van der Waals surface area (Å²) in [5.41, 5.74) is 4.61. The Kier molecular flexibility index (Phi) is 7.97. The number of hydrogen-bond acceptors (Lipinski definition) is 6. The maximum Gasteiger partial charge on any atom is 0.343 e. The van der Waals surface area contributed by atoms with Gasteiger partial charge in [0.2, 0.25) is 0 Å². The minimum Gasteiger partial charge on any atom is -0.494 e. The maximum absolute atomic E-state index is 12.2. The van der Waals surface area contributed by atoms with E-state index in [-0.39, 0.29) is 12.5 Å². The second kappa shape index (κ2) is 11.3. The molecule has 3 aromatic carbocycles. The number of carbonyl (C=O) groups is 2. The second-order valence-electron chi connectivity index (χ2n) is 6.81. The van der Waals surface area contributed by atoms with E-state index >= 15 is 0 Å². The van der Waals surface area contributed by atoms with Gasteiger partial charge in [-0.2, -0.15) is 5.10 Å². The van der Waals surface area contributed by atoms with Gasteiger partial charge in [0.1, 0.15) is 17.2 Å². The molecule has 0 spiro atoms. The van der Waals surface area contributed by atoms with Gasteiger partial charge in [-0.3, -0.25) is 4.79 Å². The number of benzene rings is 3. The Balaban J connectivity index is 1.45. The lowest BCUT2D eigenvalue weighted by atomic mass is 10.2. The molecule has 3 rings (SSSR count). The van der Waals surface area contributed by atoms with E-state index in [0.717, 1.165) is 11.1 Å². The number of hydrazone groups is 1. The molecule has 1 N–H and O–H groups in total. The van der Waals surface area contributed by atoms with Crippen molar-refractivity contribution in [3.8, 4) is 17.2 Å². The summed E-state index contributed by atoms with van der Waals surface area (Å²) in [6.07, 6.45) is 1.49. The first-order chi connectivity index (χ1) is 15.5. The van der Waals surface area contributed by atoms with Crippen LogP contribution >= 0.6 is 0 Å². The van der Waals surface area contributed by atoms with Crippen molar-refractivity contribution >= 4 is 18.1 Å². The third kappa shape index (κ3) is 6.98. The number of esters is 1. The van der Waals surface area contributed by atoms with Gasteiger partial charge in [-0.05, 0) is 85.6 Å². The highest BCUT2D eigenvalue weighted by molar-refractivity contribution is 5.91. The lowest BCUT2D eigenvalue weighted by Gasteiger charge is -2.06. The van der Waals surface area contributed by atoms with Crippen LogP contribution < -0.4 is 19.6 Å². The summed E-state index contributed by atoms with van der Waals surface area (Å²) >= 11 is 0. The van der Waals surface area contributed by atoms with Crippen LogP contribution in [0.2, 0.25) is 0 Å². The molecule has 0 aliphatic heterocycles. The summed E-state index contributed by atoms with van der Waals surface area (Å²) in [6.45, 7) is 4.26. The average Bonchev–Trinajstić information content (AvgIpc) is 2.79. The molecule has 0 radical (unpaired) electrons. The number of nitrogens with one attached hydrogen (secondary N) is 1. The van der Waals surface area contributed by atoms with Gasteiger partial charge >= 0.3 is 5.97 Å². The van der Waals surface area contributed by atoms with Crippen molar-refractivity contribution in [1.82, 2.24) is 5.43 Å². The summed E-state index contributed by atoms with van der Waals surface area (Å²) in [5, 5.41) is 3.91. The molecule has 0 unspecified atom stereocenters. The van der Waals surface area contributed by atoms with Crippen molar-refractivity contribution < 1.29 is 23.8 Å². The van der Waals surface area contributed by atoms with Gasteiger partial charge in [-0.1, -0.05) is 12.1 Å². The third-order valence-corrected chi connectivity index (χ3v) is 4.25. The minimum atomic E-state index is -0.463. The number of rotatable bonds is 9. The quantitative estimate of drug-likeness (QED) is 0.238. The Morgan fingerprint density at radius 3 is 2.31 bits per heavy atom. The number of amides is 1. The lowest BCUT2D eigenvalue weighted by Crippen LogP contribution is -2.24. The highest BCUT2D eigenvalue weighted by atomic mass is 16.5. The maximum atomic E-state index is 12.2. The molecule has 0 aliphatic carbocycles. The monoisotopic (exact) mass is 432 g/mol. The second-order valence-corrected chi connectivity index (χ2v) is 6.81. The van der Waals surface area contributed by atoms with Crippen LogP contribution in [-0.2, 0) is 4.79 Å². The van der Waals surface area contributed by atoms with E-state index in [9.17, 15) is 9.59 Å². The third-order valence-electron chi connectivity index (χ3n) is 4.25. The predicted octanol–water partition coefficient (Wildman–Crippen LogP) is 4.14. The van der Waals surface area contributed by atoms with Crippen LogP contribution in [0.5, 0.6) is 17.2 Å². The molecule has 0 saturated carbocycles. The van der Waals surface area contributed by atoms with E-state index in [1.165, 1.54) is 6.21 Å². The Morgan fingerprint density at radius 2 is 1.62 bits per heavy atom. The Hall–Kier alpha value is -4.13. The smallest absolute Gasteiger partial charge is 0.343 e. The fraction of sp³-hybridized carbons (Fsp3) is 0.160. The van der Waals surface area contributed by atoms with E-state index in [4.69, 9.17) is 14.2 Å². The van der Waals surface area contributed by atoms with Gasteiger partial charge in [0.15, 0.2) is 6.61 Å². The summed E-state index contributed by atoms with van der Waals surface area (Å²) in [4.78, 5) is 24.1. The minimum absolute atomic E-state index is 0.138. The Bertz CT molecular complexity index is 1080. The largest absolute Gasteiger partial charge is 0.494 e. The van der Waals surface area contributed by atoms with Crippen LogP contribution in [0, 0.1) is 6.92 Å². The van der Waals surface area contributed by atoms with Crippen molar-refractivity contribution in [3.63, 3.8) is 0 Å². The van der Waals surface area contributed by atoms with E-state index in [2.05, 4.69) is 10.5 Å². The van der Waals surface area contributed by atoms with Crippen molar-refractivity contribution in [2.45, 2.75) is 13.8 Å². The molecule has 0 aromatic heterocycles. The zero-order valence-electron chi connectivity index (χ0n) is 17.9. The topological polar surface area (TPSA) is 86.2 Å². The number of hydrogen-bond donors (Lipinski definition) is 1. The van der Waals surface area contributed by atoms with Crippen molar-refractivity contribution in [2.75, 3.05) is 13.2 Å². The molecule has 0 atom stereocenters.